The van der Waals surface area contributed by atoms with Crippen LogP contribution in [-0.2, 0) is 9.47 Å². The summed E-state index contributed by atoms with van der Waals surface area (Å²) in [6.07, 6.45) is 4.92. The minimum absolute atomic E-state index is 0.283. The van der Waals surface area contributed by atoms with Crippen LogP contribution in [0.5, 0.6) is 5.75 Å². The number of esters is 1. The summed E-state index contributed by atoms with van der Waals surface area (Å²) in [5.41, 5.74) is 0. The molecule has 1 atom stereocenters. The summed E-state index contributed by atoms with van der Waals surface area (Å²) < 4.78 is 17.0. The number of thiophene rings is 1. The molecule has 0 aromatic carbocycles. The molecule has 1 aliphatic heterocycles. The number of carbonyl (C=O) groups excluding carboxylic acids is 1. The summed E-state index contributed by atoms with van der Waals surface area (Å²) in [5.74, 6) is 0.148. The highest BCUT2D eigenvalue weighted by molar-refractivity contribution is 7.21. The third-order valence-corrected chi connectivity index (χ3v) is 4.06. The highest BCUT2D eigenvalue weighted by Gasteiger charge is 2.25. The molecule has 5 nitrogen and oxygen atoms in total. The molecule has 1 fully saturated rings. The fraction of sp³-hybridized carbons (Fsp3) is 0.385. The van der Waals surface area contributed by atoms with Crippen molar-refractivity contribution in [2.75, 3.05) is 13.7 Å². The topological polar surface area (TPSA) is 57.7 Å². The second-order valence-electron chi connectivity index (χ2n) is 4.18. The zero-order chi connectivity index (χ0) is 13.2. The largest absolute Gasteiger partial charge is 0.465 e. The van der Waals surface area contributed by atoms with Crippen molar-refractivity contribution in [2.24, 2.45) is 0 Å². The fourth-order valence-corrected chi connectivity index (χ4v) is 3.07. The predicted octanol–water partition coefficient (Wildman–Crippen LogP) is 2.60. The van der Waals surface area contributed by atoms with Crippen molar-refractivity contribution < 1.29 is 19.0 Å². The maximum Gasteiger partial charge on any atom is 0.351 e. The van der Waals surface area contributed by atoms with Crippen LogP contribution in [0.1, 0.15) is 22.5 Å². The van der Waals surface area contributed by atoms with Gasteiger partial charge in [-0.25, -0.2) is 4.79 Å². The summed E-state index contributed by atoms with van der Waals surface area (Å²) in [6.45, 7) is 0.696. The number of methoxy groups -OCH3 is 1. The molecule has 3 rings (SSSR count). The molecular weight excluding hydrogens is 266 g/mol. The maximum absolute atomic E-state index is 11.8. The van der Waals surface area contributed by atoms with Gasteiger partial charge in [0, 0.05) is 24.2 Å². The van der Waals surface area contributed by atoms with E-state index in [1.165, 1.54) is 18.4 Å². The number of hydrogen-bond donors (Lipinski definition) is 0. The number of rotatable bonds is 3. The number of hydrogen-bond acceptors (Lipinski definition) is 6. The van der Waals surface area contributed by atoms with Gasteiger partial charge in [-0.15, -0.1) is 11.3 Å². The Morgan fingerprint density at radius 2 is 2.47 bits per heavy atom. The molecule has 6 heteroatoms. The van der Waals surface area contributed by atoms with Gasteiger partial charge in [0.05, 0.1) is 18.4 Å². The van der Waals surface area contributed by atoms with E-state index >= 15 is 0 Å². The Hall–Kier alpha value is -1.66. The van der Waals surface area contributed by atoms with Gasteiger partial charge in [-0.2, -0.15) is 0 Å². The standard InChI is InChI=1S/C13H13NO4S/c1-16-13(15)12-11(18-10-3-2-6-17-10)8-4-5-14-7-9(8)19-12/h4-5,7,10H,2-3,6H2,1H3. The molecule has 0 bridgehead atoms. The number of nitrogens with zero attached hydrogens (tertiary/aromatic N) is 1. The van der Waals surface area contributed by atoms with E-state index in [4.69, 9.17) is 14.2 Å². The van der Waals surface area contributed by atoms with Crippen LogP contribution in [0.4, 0.5) is 0 Å². The molecule has 1 saturated heterocycles. The Kier molecular flexibility index (Phi) is 3.35. The zero-order valence-corrected chi connectivity index (χ0v) is 11.2. The van der Waals surface area contributed by atoms with E-state index < -0.39 is 5.97 Å². The second kappa shape index (κ2) is 5.14. The molecule has 1 aliphatic rings. The van der Waals surface area contributed by atoms with Crippen molar-refractivity contribution in [1.82, 2.24) is 4.98 Å². The molecule has 100 valence electrons. The van der Waals surface area contributed by atoms with Crippen LogP contribution < -0.4 is 4.74 Å². The number of carbonyl (C=O) groups is 1. The number of fused-ring (bicyclic) bond motifs is 1. The van der Waals surface area contributed by atoms with Crippen LogP contribution >= 0.6 is 11.3 Å². The van der Waals surface area contributed by atoms with Crippen LogP contribution in [0.25, 0.3) is 10.1 Å². The average molecular weight is 279 g/mol. The summed E-state index contributed by atoms with van der Waals surface area (Å²) in [6, 6.07) is 1.84. The van der Waals surface area contributed by atoms with Crippen molar-refractivity contribution in [1.29, 1.82) is 0 Å². The minimum Gasteiger partial charge on any atom is -0.465 e. The Morgan fingerprint density at radius 1 is 1.58 bits per heavy atom. The normalized spacial score (nSPS) is 18.7. The molecule has 3 heterocycles. The lowest BCUT2D eigenvalue weighted by atomic mass is 10.2. The van der Waals surface area contributed by atoms with Gasteiger partial charge in [0.25, 0.3) is 0 Å². The number of pyridine rings is 1. The Labute approximate surface area is 114 Å². The first kappa shape index (κ1) is 12.4. The van der Waals surface area contributed by atoms with E-state index in [0.717, 1.165) is 22.9 Å². The number of ether oxygens (including phenoxy) is 3. The lowest BCUT2D eigenvalue weighted by molar-refractivity contribution is -0.0384. The molecule has 0 amide bonds. The summed E-state index contributed by atoms with van der Waals surface area (Å²) in [7, 11) is 1.36. The molecule has 2 aromatic heterocycles. The van der Waals surface area contributed by atoms with Crippen molar-refractivity contribution in [3.05, 3.63) is 23.3 Å². The van der Waals surface area contributed by atoms with Gasteiger partial charge in [0.15, 0.2) is 16.9 Å². The van der Waals surface area contributed by atoms with Gasteiger partial charge in [0.2, 0.25) is 0 Å². The zero-order valence-electron chi connectivity index (χ0n) is 10.4. The molecule has 2 aromatic rings. The highest BCUT2D eigenvalue weighted by Crippen LogP contribution is 2.39. The van der Waals surface area contributed by atoms with Crippen LogP contribution in [-0.4, -0.2) is 31.0 Å². The predicted molar refractivity (Wildman–Crippen MR) is 70.6 cm³/mol. The molecule has 19 heavy (non-hydrogen) atoms. The van der Waals surface area contributed by atoms with Crippen LogP contribution in [0.2, 0.25) is 0 Å². The monoisotopic (exact) mass is 279 g/mol. The molecule has 0 N–H and O–H groups in total. The first-order valence-corrected chi connectivity index (χ1v) is 6.84. The van der Waals surface area contributed by atoms with E-state index in [9.17, 15) is 4.79 Å². The van der Waals surface area contributed by atoms with Crippen molar-refractivity contribution in [3.63, 3.8) is 0 Å². The first-order chi connectivity index (χ1) is 9.29. The van der Waals surface area contributed by atoms with Gasteiger partial charge in [-0.3, -0.25) is 4.98 Å². The van der Waals surface area contributed by atoms with Crippen LogP contribution in [0.3, 0.4) is 0 Å². The van der Waals surface area contributed by atoms with E-state index in [1.807, 2.05) is 6.07 Å². The van der Waals surface area contributed by atoms with Gasteiger partial charge in [-0.1, -0.05) is 0 Å². The van der Waals surface area contributed by atoms with Gasteiger partial charge in [0.1, 0.15) is 0 Å². The summed E-state index contributed by atoms with van der Waals surface area (Å²) in [4.78, 5) is 16.3. The molecule has 0 spiro atoms. The van der Waals surface area contributed by atoms with Crippen molar-refractivity contribution >= 4 is 27.4 Å². The summed E-state index contributed by atoms with van der Waals surface area (Å²) in [5, 5.41) is 0.871. The highest BCUT2D eigenvalue weighted by atomic mass is 32.1. The Bertz CT molecular complexity index is 604. The van der Waals surface area contributed by atoms with E-state index in [-0.39, 0.29) is 6.29 Å². The van der Waals surface area contributed by atoms with E-state index in [0.29, 0.717) is 17.2 Å². The van der Waals surface area contributed by atoms with Crippen LogP contribution in [0, 0.1) is 0 Å². The second-order valence-corrected chi connectivity index (χ2v) is 5.24. The maximum atomic E-state index is 11.8. The third-order valence-electron chi connectivity index (χ3n) is 2.96. The SMILES string of the molecule is COC(=O)c1sc2cnccc2c1OC1CCCO1. The Morgan fingerprint density at radius 3 is 3.21 bits per heavy atom. The van der Waals surface area contributed by atoms with E-state index in [1.54, 1.807) is 12.4 Å². The van der Waals surface area contributed by atoms with Gasteiger partial charge >= 0.3 is 5.97 Å². The lowest BCUT2D eigenvalue weighted by Crippen LogP contribution is -2.15. The average Bonchev–Trinajstić information content (AvgIpc) is 3.07. The summed E-state index contributed by atoms with van der Waals surface area (Å²) >= 11 is 1.32. The Balaban J connectivity index is 2.04. The smallest absolute Gasteiger partial charge is 0.351 e. The number of aromatic nitrogens is 1. The lowest BCUT2D eigenvalue weighted by Gasteiger charge is -2.13. The third kappa shape index (κ3) is 2.29. The van der Waals surface area contributed by atoms with E-state index in [2.05, 4.69) is 4.98 Å². The van der Waals surface area contributed by atoms with Crippen molar-refractivity contribution in [3.8, 4) is 5.75 Å². The minimum atomic E-state index is -0.394. The molecular formula is C13H13NO4S. The quantitative estimate of drug-likeness (QED) is 0.808. The molecule has 0 radical (unpaired) electrons. The van der Waals surface area contributed by atoms with Crippen LogP contribution in [0.15, 0.2) is 18.5 Å². The molecule has 0 saturated carbocycles. The van der Waals surface area contributed by atoms with Gasteiger partial charge < -0.3 is 14.2 Å². The molecule has 1 unspecified atom stereocenters. The molecule has 0 aliphatic carbocycles. The first-order valence-electron chi connectivity index (χ1n) is 6.02. The van der Waals surface area contributed by atoms with Gasteiger partial charge in [-0.05, 0) is 12.5 Å². The fourth-order valence-electron chi connectivity index (χ4n) is 2.04. The van der Waals surface area contributed by atoms with Crippen molar-refractivity contribution in [2.45, 2.75) is 19.1 Å².